The van der Waals surface area contributed by atoms with E-state index >= 15 is 0 Å². The molecule has 0 aliphatic carbocycles. The minimum atomic E-state index is -0.297. The number of thioether (sulfide) groups is 1. The summed E-state index contributed by atoms with van der Waals surface area (Å²) < 4.78 is 12.0. The molecule has 1 fully saturated rings. The third-order valence-electron chi connectivity index (χ3n) is 5.78. The van der Waals surface area contributed by atoms with Gasteiger partial charge in [0.25, 0.3) is 0 Å². The second kappa shape index (κ2) is 9.34. The molecule has 3 unspecified atom stereocenters. The van der Waals surface area contributed by atoms with Crippen LogP contribution in [0.25, 0.3) is 0 Å². The van der Waals surface area contributed by atoms with Gasteiger partial charge in [-0.15, -0.1) is 10.2 Å². The van der Waals surface area contributed by atoms with Gasteiger partial charge in [-0.2, -0.15) is 9.78 Å². The first kappa shape index (κ1) is 21.6. The lowest BCUT2D eigenvalue weighted by Gasteiger charge is -2.23. The number of ether oxygens (including phenoxy) is 2. The van der Waals surface area contributed by atoms with Gasteiger partial charge in [0.05, 0.1) is 37.6 Å². The summed E-state index contributed by atoms with van der Waals surface area (Å²) >= 11 is 1.47. The van der Waals surface area contributed by atoms with Crippen LogP contribution in [0.5, 0.6) is 5.75 Å². The molecule has 2 aliphatic rings. The number of methoxy groups -OCH3 is 2. The summed E-state index contributed by atoms with van der Waals surface area (Å²) in [5, 5.41) is 14.1. The number of benzene rings is 2. The molecule has 0 amide bonds. The number of fused-ring (bicyclic) bond motifs is 1. The molecular formula is C23H24N6O3S. The minimum Gasteiger partial charge on any atom is -0.497 e. The van der Waals surface area contributed by atoms with Crippen LogP contribution in [0, 0.1) is 0 Å². The average molecular weight is 465 g/mol. The van der Waals surface area contributed by atoms with Crippen LogP contribution < -0.4 is 15.6 Å². The van der Waals surface area contributed by atoms with Crippen LogP contribution in [0.3, 0.4) is 0 Å². The maximum absolute atomic E-state index is 12.1. The Morgan fingerprint density at radius 2 is 1.82 bits per heavy atom. The maximum atomic E-state index is 12.1. The molecule has 33 heavy (non-hydrogen) atoms. The molecular weight excluding hydrogens is 440 g/mol. The van der Waals surface area contributed by atoms with Crippen molar-refractivity contribution < 1.29 is 14.3 Å². The highest BCUT2D eigenvalue weighted by molar-refractivity contribution is 8.00. The van der Waals surface area contributed by atoms with Crippen LogP contribution in [0.15, 0.2) is 64.9 Å². The molecule has 9 nitrogen and oxygen atoms in total. The Bertz CT molecular complexity index is 1160. The number of rotatable bonds is 6. The third kappa shape index (κ3) is 4.37. The van der Waals surface area contributed by atoms with E-state index in [9.17, 15) is 4.79 Å². The van der Waals surface area contributed by atoms with Crippen LogP contribution in [0.1, 0.15) is 41.9 Å². The molecule has 2 N–H and O–H groups in total. The zero-order chi connectivity index (χ0) is 22.8. The fourth-order valence-electron chi connectivity index (χ4n) is 4.02. The average Bonchev–Trinajstić information content (AvgIpc) is 3.51. The SMILES string of the molecule is COC(=O)CC1Sc2nnc(C3CC(c4ccccc4)NN3)n2N=C1c1ccc(OC)cc1. The van der Waals surface area contributed by atoms with Crippen molar-refractivity contribution in [3.05, 3.63) is 71.5 Å². The van der Waals surface area contributed by atoms with E-state index in [2.05, 4.69) is 33.2 Å². The normalized spacial score (nSPS) is 21.9. The number of hydrogen-bond acceptors (Lipinski definition) is 9. The van der Waals surface area contributed by atoms with Gasteiger partial charge in [-0.3, -0.25) is 4.79 Å². The van der Waals surface area contributed by atoms with Crippen LogP contribution in [0.4, 0.5) is 0 Å². The summed E-state index contributed by atoms with van der Waals surface area (Å²) in [6, 6.07) is 18.0. The number of carbonyl (C=O) groups excluding carboxylic acids is 1. The second-order valence-corrected chi connectivity index (χ2v) is 8.96. The van der Waals surface area contributed by atoms with E-state index in [-0.39, 0.29) is 29.7 Å². The first-order valence-corrected chi connectivity index (χ1v) is 11.5. The van der Waals surface area contributed by atoms with Gasteiger partial charge in [0.1, 0.15) is 5.75 Å². The minimum absolute atomic E-state index is 0.0601. The molecule has 10 heteroatoms. The summed E-state index contributed by atoms with van der Waals surface area (Å²) in [6.45, 7) is 0. The highest BCUT2D eigenvalue weighted by Crippen LogP contribution is 2.36. The molecule has 2 aromatic carbocycles. The number of nitrogens with zero attached hydrogens (tertiary/aromatic N) is 4. The van der Waals surface area contributed by atoms with Crippen molar-refractivity contribution in [3.8, 4) is 5.75 Å². The smallest absolute Gasteiger partial charge is 0.307 e. The predicted molar refractivity (Wildman–Crippen MR) is 124 cm³/mol. The van der Waals surface area contributed by atoms with Gasteiger partial charge in [0.2, 0.25) is 5.16 Å². The van der Waals surface area contributed by atoms with E-state index in [0.717, 1.165) is 29.3 Å². The van der Waals surface area contributed by atoms with Gasteiger partial charge >= 0.3 is 5.97 Å². The number of aromatic nitrogens is 3. The van der Waals surface area contributed by atoms with Crippen LogP contribution >= 0.6 is 11.8 Å². The lowest BCUT2D eigenvalue weighted by molar-refractivity contribution is -0.140. The number of nitrogens with one attached hydrogen (secondary N) is 2. The third-order valence-corrected chi connectivity index (χ3v) is 6.92. The zero-order valence-corrected chi connectivity index (χ0v) is 19.1. The summed E-state index contributed by atoms with van der Waals surface area (Å²) in [5.41, 5.74) is 9.58. The van der Waals surface area contributed by atoms with Crippen molar-refractivity contribution in [2.45, 2.75) is 35.3 Å². The number of esters is 1. The van der Waals surface area contributed by atoms with Crippen molar-refractivity contribution in [1.82, 2.24) is 25.7 Å². The van der Waals surface area contributed by atoms with E-state index in [0.29, 0.717) is 5.16 Å². The quantitative estimate of drug-likeness (QED) is 0.537. The van der Waals surface area contributed by atoms with Crippen molar-refractivity contribution in [1.29, 1.82) is 0 Å². The Morgan fingerprint density at radius 3 is 2.55 bits per heavy atom. The Labute approximate surface area is 195 Å². The fraction of sp³-hybridized carbons (Fsp3) is 0.304. The molecule has 170 valence electrons. The van der Waals surface area contributed by atoms with Crippen molar-refractivity contribution in [3.63, 3.8) is 0 Å². The molecule has 3 heterocycles. The largest absolute Gasteiger partial charge is 0.497 e. The lowest BCUT2D eigenvalue weighted by atomic mass is 10.0. The van der Waals surface area contributed by atoms with E-state index in [4.69, 9.17) is 14.6 Å². The first-order valence-electron chi connectivity index (χ1n) is 10.6. The van der Waals surface area contributed by atoms with Crippen molar-refractivity contribution in [2.75, 3.05) is 14.2 Å². The first-order chi connectivity index (χ1) is 16.2. The fourth-order valence-corrected chi connectivity index (χ4v) is 5.12. The Morgan fingerprint density at radius 1 is 1.06 bits per heavy atom. The maximum Gasteiger partial charge on any atom is 0.307 e. The van der Waals surface area contributed by atoms with E-state index in [1.165, 1.54) is 24.4 Å². The molecule has 5 rings (SSSR count). The van der Waals surface area contributed by atoms with Crippen LogP contribution in [-0.4, -0.2) is 46.0 Å². The number of carbonyl (C=O) groups is 1. The molecule has 3 aromatic rings. The highest BCUT2D eigenvalue weighted by Gasteiger charge is 2.35. The Balaban J connectivity index is 1.46. The second-order valence-electron chi connectivity index (χ2n) is 7.79. The van der Waals surface area contributed by atoms with E-state index in [1.54, 1.807) is 11.8 Å². The van der Waals surface area contributed by atoms with Crippen LogP contribution in [0.2, 0.25) is 0 Å². The molecule has 0 spiro atoms. The molecule has 2 aliphatic heterocycles. The molecule has 3 atom stereocenters. The van der Waals surface area contributed by atoms with E-state index < -0.39 is 0 Å². The van der Waals surface area contributed by atoms with Crippen molar-refractivity contribution >= 4 is 23.4 Å². The predicted octanol–water partition coefficient (Wildman–Crippen LogP) is 2.86. The van der Waals surface area contributed by atoms with Crippen LogP contribution in [-0.2, 0) is 9.53 Å². The van der Waals surface area contributed by atoms with Gasteiger partial charge in [0.15, 0.2) is 5.82 Å². The highest BCUT2D eigenvalue weighted by atomic mass is 32.2. The summed E-state index contributed by atoms with van der Waals surface area (Å²) in [5.74, 6) is 1.19. The van der Waals surface area contributed by atoms with Crippen molar-refractivity contribution in [2.24, 2.45) is 5.10 Å². The Hall–Kier alpha value is -3.21. The van der Waals surface area contributed by atoms with Gasteiger partial charge in [-0.25, -0.2) is 10.9 Å². The molecule has 1 saturated heterocycles. The van der Waals surface area contributed by atoms with E-state index in [1.807, 2.05) is 42.5 Å². The van der Waals surface area contributed by atoms with Gasteiger partial charge < -0.3 is 9.47 Å². The van der Waals surface area contributed by atoms with Gasteiger partial charge in [-0.05, 0) is 41.8 Å². The number of hydrazine groups is 1. The molecule has 0 bridgehead atoms. The monoisotopic (exact) mass is 464 g/mol. The topological polar surface area (TPSA) is 103 Å². The number of hydrogen-bond donors (Lipinski definition) is 2. The Kier molecular flexibility index (Phi) is 6.12. The summed E-state index contributed by atoms with van der Waals surface area (Å²) in [4.78, 5) is 12.1. The zero-order valence-electron chi connectivity index (χ0n) is 18.3. The molecule has 0 radical (unpaired) electrons. The lowest BCUT2D eigenvalue weighted by Crippen LogP contribution is -2.30. The molecule has 0 saturated carbocycles. The summed E-state index contributed by atoms with van der Waals surface area (Å²) in [6.07, 6.45) is 0.999. The van der Waals surface area contributed by atoms with Gasteiger partial charge in [0, 0.05) is 6.04 Å². The van der Waals surface area contributed by atoms with Gasteiger partial charge in [-0.1, -0.05) is 42.1 Å². The molecule has 1 aromatic heterocycles. The standard InChI is InChI=1S/C23H24N6O3S/c1-31-16-10-8-15(9-11-16)21-19(13-20(30)32-2)33-23-27-26-22(29(23)28-21)18-12-17(24-25-18)14-6-4-3-5-7-14/h3-11,17-19,24-25H,12-13H2,1-2H3. The summed E-state index contributed by atoms with van der Waals surface area (Å²) in [7, 11) is 3.02.